The fourth-order valence-electron chi connectivity index (χ4n) is 2.40. The first-order valence-corrected chi connectivity index (χ1v) is 6.83. The molecule has 1 unspecified atom stereocenters. The predicted octanol–water partition coefficient (Wildman–Crippen LogP) is 3.34. The van der Waals surface area contributed by atoms with Gasteiger partial charge in [-0.05, 0) is 68.5 Å². The molecule has 2 heteroatoms. The standard InChI is InChI=1S/C16H27NO/c1-10(2)17-8-7-15(18)16-13(5)11(3)9-12(4)14(16)6/h9-10,15,17-18H,7-8H2,1-6H3. The highest BCUT2D eigenvalue weighted by atomic mass is 16.3. The topological polar surface area (TPSA) is 32.3 Å². The van der Waals surface area contributed by atoms with Gasteiger partial charge in [-0.1, -0.05) is 19.9 Å². The molecule has 0 amide bonds. The zero-order chi connectivity index (χ0) is 13.9. The van der Waals surface area contributed by atoms with Gasteiger partial charge in [-0.15, -0.1) is 0 Å². The third-order valence-electron chi connectivity index (χ3n) is 3.73. The van der Waals surface area contributed by atoms with Gasteiger partial charge in [0.15, 0.2) is 0 Å². The molecule has 102 valence electrons. The van der Waals surface area contributed by atoms with Crippen molar-refractivity contribution in [2.24, 2.45) is 0 Å². The van der Waals surface area contributed by atoms with E-state index in [9.17, 15) is 5.11 Å². The Morgan fingerprint density at radius 2 is 1.56 bits per heavy atom. The van der Waals surface area contributed by atoms with Gasteiger partial charge >= 0.3 is 0 Å². The second-order valence-electron chi connectivity index (χ2n) is 5.59. The minimum absolute atomic E-state index is 0.366. The number of aryl methyl sites for hydroxylation is 2. The summed E-state index contributed by atoms with van der Waals surface area (Å²) < 4.78 is 0. The van der Waals surface area contributed by atoms with Crippen LogP contribution in [0.15, 0.2) is 6.07 Å². The highest BCUT2D eigenvalue weighted by Crippen LogP contribution is 2.28. The van der Waals surface area contributed by atoms with Crippen LogP contribution in [0.3, 0.4) is 0 Å². The second kappa shape index (κ2) is 6.35. The molecule has 2 nitrogen and oxygen atoms in total. The normalized spacial score (nSPS) is 13.1. The van der Waals surface area contributed by atoms with E-state index in [0.717, 1.165) is 18.5 Å². The van der Waals surface area contributed by atoms with Crippen molar-refractivity contribution in [3.05, 3.63) is 33.9 Å². The highest BCUT2D eigenvalue weighted by molar-refractivity contribution is 5.45. The monoisotopic (exact) mass is 249 g/mol. The van der Waals surface area contributed by atoms with Gasteiger partial charge in [-0.2, -0.15) is 0 Å². The van der Waals surface area contributed by atoms with Crippen molar-refractivity contribution >= 4 is 0 Å². The van der Waals surface area contributed by atoms with Gasteiger partial charge in [0.1, 0.15) is 0 Å². The first-order chi connectivity index (χ1) is 8.34. The van der Waals surface area contributed by atoms with Crippen LogP contribution in [0.5, 0.6) is 0 Å². The average molecular weight is 249 g/mol. The number of aliphatic hydroxyl groups is 1. The van der Waals surface area contributed by atoms with E-state index in [0.29, 0.717) is 6.04 Å². The van der Waals surface area contributed by atoms with Crippen LogP contribution in [0.4, 0.5) is 0 Å². The summed E-state index contributed by atoms with van der Waals surface area (Å²) in [6.45, 7) is 13.5. The van der Waals surface area contributed by atoms with E-state index < -0.39 is 0 Å². The Bertz CT molecular complexity index is 384. The average Bonchev–Trinajstić information content (AvgIpc) is 2.26. The van der Waals surface area contributed by atoms with E-state index in [1.807, 2.05) is 0 Å². The minimum atomic E-state index is -0.366. The number of benzene rings is 1. The zero-order valence-electron chi connectivity index (χ0n) is 12.6. The summed E-state index contributed by atoms with van der Waals surface area (Å²) in [7, 11) is 0. The third-order valence-corrected chi connectivity index (χ3v) is 3.73. The molecule has 18 heavy (non-hydrogen) atoms. The fraction of sp³-hybridized carbons (Fsp3) is 0.625. The fourth-order valence-corrected chi connectivity index (χ4v) is 2.40. The molecule has 0 fully saturated rings. The Kier molecular flexibility index (Phi) is 5.36. The van der Waals surface area contributed by atoms with E-state index in [1.54, 1.807) is 0 Å². The van der Waals surface area contributed by atoms with Gasteiger partial charge in [0.2, 0.25) is 0 Å². The summed E-state index contributed by atoms with van der Waals surface area (Å²) in [4.78, 5) is 0. The van der Waals surface area contributed by atoms with Crippen LogP contribution in [0.2, 0.25) is 0 Å². The van der Waals surface area contributed by atoms with Crippen molar-refractivity contribution in [3.63, 3.8) is 0 Å². The Balaban J connectivity index is 2.88. The molecule has 0 saturated heterocycles. The van der Waals surface area contributed by atoms with Crippen molar-refractivity contribution in [2.45, 2.75) is 60.1 Å². The molecule has 2 N–H and O–H groups in total. The Labute approximate surface area is 111 Å². The van der Waals surface area contributed by atoms with E-state index in [2.05, 4.69) is 52.9 Å². The Hall–Kier alpha value is -0.860. The van der Waals surface area contributed by atoms with Crippen LogP contribution in [-0.4, -0.2) is 17.7 Å². The maximum Gasteiger partial charge on any atom is 0.0807 e. The summed E-state index contributed by atoms with van der Waals surface area (Å²) in [5.41, 5.74) is 6.12. The Morgan fingerprint density at radius 1 is 1.06 bits per heavy atom. The number of hydrogen-bond acceptors (Lipinski definition) is 2. The lowest BCUT2D eigenvalue weighted by molar-refractivity contribution is 0.164. The van der Waals surface area contributed by atoms with Gasteiger partial charge in [0, 0.05) is 6.04 Å². The molecule has 0 heterocycles. The van der Waals surface area contributed by atoms with Gasteiger partial charge in [0.05, 0.1) is 6.10 Å². The first kappa shape index (κ1) is 15.2. The summed E-state index contributed by atoms with van der Waals surface area (Å²) >= 11 is 0. The number of aliphatic hydroxyl groups excluding tert-OH is 1. The van der Waals surface area contributed by atoms with Crippen LogP contribution < -0.4 is 5.32 Å². The van der Waals surface area contributed by atoms with Crippen molar-refractivity contribution in [1.29, 1.82) is 0 Å². The summed E-state index contributed by atoms with van der Waals surface area (Å²) in [5, 5.41) is 13.8. The summed E-state index contributed by atoms with van der Waals surface area (Å²) in [6, 6.07) is 2.67. The molecule has 1 aromatic carbocycles. The van der Waals surface area contributed by atoms with E-state index in [4.69, 9.17) is 0 Å². The van der Waals surface area contributed by atoms with Crippen molar-refractivity contribution < 1.29 is 5.11 Å². The molecular formula is C16H27NO. The molecule has 0 spiro atoms. The van der Waals surface area contributed by atoms with E-state index in [-0.39, 0.29) is 6.10 Å². The second-order valence-corrected chi connectivity index (χ2v) is 5.59. The lowest BCUT2D eigenvalue weighted by Crippen LogP contribution is -2.25. The SMILES string of the molecule is Cc1cc(C)c(C)c(C(O)CCNC(C)C)c1C. The van der Waals surface area contributed by atoms with E-state index >= 15 is 0 Å². The zero-order valence-corrected chi connectivity index (χ0v) is 12.6. The van der Waals surface area contributed by atoms with Gasteiger partial charge in [-0.25, -0.2) is 0 Å². The number of nitrogens with one attached hydrogen (secondary N) is 1. The third kappa shape index (κ3) is 3.56. The molecule has 0 aliphatic heterocycles. The number of rotatable bonds is 5. The largest absolute Gasteiger partial charge is 0.388 e. The van der Waals surface area contributed by atoms with Crippen LogP contribution in [-0.2, 0) is 0 Å². The first-order valence-electron chi connectivity index (χ1n) is 6.83. The molecule has 0 saturated carbocycles. The van der Waals surface area contributed by atoms with Crippen molar-refractivity contribution in [1.82, 2.24) is 5.32 Å². The molecule has 0 aliphatic carbocycles. The van der Waals surface area contributed by atoms with Crippen molar-refractivity contribution in [2.75, 3.05) is 6.54 Å². The minimum Gasteiger partial charge on any atom is -0.388 e. The van der Waals surface area contributed by atoms with Crippen LogP contribution >= 0.6 is 0 Å². The lowest BCUT2D eigenvalue weighted by atomic mass is 9.90. The van der Waals surface area contributed by atoms with Gasteiger partial charge in [0.25, 0.3) is 0 Å². The quantitative estimate of drug-likeness (QED) is 0.839. The molecule has 0 aromatic heterocycles. The van der Waals surface area contributed by atoms with Crippen LogP contribution in [0, 0.1) is 27.7 Å². The predicted molar refractivity (Wildman–Crippen MR) is 78.1 cm³/mol. The highest BCUT2D eigenvalue weighted by Gasteiger charge is 2.16. The smallest absolute Gasteiger partial charge is 0.0807 e. The van der Waals surface area contributed by atoms with Crippen LogP contribution in [0.1, 0.15) is 54.2 Å². The Morgan fingerprint density at radius 3 is 2.00 bits per heavy atom. The summed E-state index contributed by atoms with van der Waals surface area (Å²) in [6.07, 6.45) is 0.401. The molecule has 1 rings (SSSR count). The van der Waals surface area contributed by atoms with Gasteiger partial charge < -0.3 is 10.4 Å². The molecule has 0 radical (unpaired) electrons. The molecular weight excluding hydrogens is 222 g/mol. The molecule has 0 bridgehead atoms. The lowest BCUT2D eigenvalue weighted by Gasteiger charge is -2.21. The molecule has 1 atom stereocenters. The van der Waals surface area contributed by atoms with E-state index in [1.165, 1.54) is 22.3 Å². The van der Waals surface area contributed by atoms with Crippen LogP contribution in [0.25, 0.3) is 0 Å². The summed E-state index contributed by atoms with van der Waals surface area (Å²) in [5.74, 6) is 0. The number of hydrogen-bond donors (Lipinski definition) is 2. The van der Waals surface area contributed by atoms with Crippen molar-refractivity contribution in [3.8, 4) is 0 Å². The molecule has 0 aliphatic rings. The maximum atomic E-state index is 10.4. The molecule has 1 aromatic rings. The maximum absolute atomic E-state index is 10.4. The van der Waals surface area contributed by atoms with Gasteiger partial charge in [-0.3, -0.25) is 0 Å².